The van der Waals surface area contributed by atoms with Gasteiger partial charge in [0, 0.05) is 0 Å². The van der Waals surface area contributed by atoms with Gasteiger partial charge in [0.25, 0.3) is 0 Å². The molecule has 0 aliphatic carbocycles. The predicted octanol–water partition coefficient (Wildman–Crippen LogP) is 1.13. The van der Waals surface area contributed by atoms with Crippen LogP contribution in [0.5, 0.6) is 11.5 Å². The Morgan fingerprint density at radius 1 is 1.15 bits per heavy atom. The van der Waals surface area contributed by atoms with E-state index < -0.39 is 24.0 Å². The average Bonchev–Trinajstić information content (AvgIpc) is 2.65. The van der Waals surface area contributed by atoms with Gasteiger partial charge in [0.15, 0.2) is 11.5 Å². The number of amides is 2. The predicted molar refractivity (Wildman–Crippen MR) is 92.5 cm³/mol. The van der Waals surface area contributed by atoms with E-state index in [4.69, 9.17) is 18.9 Å². The van der Waals surface area contributed by atoms with E-state index in [1.807, 2.05) is 0 Å². The highest BCUT2D eigenvalue weighted by atomic mass is 16.6. The topological polar surface area (TPSA) is 112 Å². The van der Waals surface area contributed by atoms with Crippen LogP contribution >= 0.6 is 0 Å². The number of urea groups is 1. The minimum Gasteiger partial charge on any atom is -0.486 e. The number of nitrogens with one attached hydrogen (secondary N) is 2. The number of benzene rings is 1. The SMILES string of the molecule is CCOC(=O)C1=C(COC(=O)c2ccc3c(c2)OCCO3)NC(=O)N[C@@H]1C. The fourth-order valence-electron chi connectivity index (χ4n) is 2.78. The van der Waals surface area contributed by atoms with Gasteiger partial charge in [0.2, 0.25) is 0 Å². The lowest BCUT2D eigenvalue weighted by atomic mass is 10.0. The van der Waals surface area contributed by atoms with E-state index in [9.17, 15) is 14.4 Å². The summed E-state index contributed by atoms with van der Waals surface area (Å²) < 4.78 is 21.1. The van der Waals surface area contributed by atoms with Crippen LogP contribution in [0, 0.1) is 0 Å². The Balaban J connectivity index is 1.74. The highest BCUT2D eigenvalue weighted by Gasteiger charge is 2.30. The zero-order valence-corrected chi connectivity index (χ0v) is 15.0. The molecule has 144 valence electrons. The lowest BCUT2D eigenvalue weighted by Crippen LogP contribution is -2.50. The molecule has 0 radical (unpaired) electrons. The third-order valence-electron chi connectivity index (χ3n) is 3.99. The van der Waals surface area contributed by atoms with Crippen LogP contribution < -0.4 is 20.1 Å². The third kappa shape index (κ3) is 4.13. The summed E-state index contributed by atoms with van der Waals surface area (Å²) in [4.78, 5) is 36.2. The normalized spacial score (nSPS) is 18.3. The molecule has 0 fully saturated rings. The Hall–Kier alpha value is -3.23. The molecule has 27 heavy (non-hydrogen) atoms. The number of carbonyl (C=O) groups is 3. The van der Waals surface area contributed by atoms with Gasteiger partial charge in [-0.25, -0.2) is 14.4 Å². The largest absolute Gasteiger partial charge is 0.486 e. The summed E-state index contributed by atoms with van der Waals surface area (Å²) >= 11 is 0. The summed E-state index contributed by atoms with van der Waals surface area (Å²) in [7, 11) is 0. The van der Waals surface area contributed by atoms with Crippen molar-refractivity contribution in [3.05, 3.63) is 35.0 Å². The van der Waals surface area contributed by atoms with E-state index in [0.29, 0.717) is 24.7 Å². The summed E-state index contributed by atoms with van der Waals surface area (Å²) in [5.74, 6) is -0.179. The lowest BCUT2D eigenvalue weighted by molar-refractivity contribution is -0.139. The van der Waals surface area contributed by atoms with Crippen molar-refractivity contribution in [1.29, 1.82) is 0 Å². The molecule has 0 saturated carbocycles. The van der Waals surface area contributed by atoms with Crippen LogP contribution in [0.2, 0.25) is 0 Å². The second kappa shape index (κ2) is 7.98. The highest BCUT2D eigenvalue weighted by Crippen LogP contribution is 2.31. The van der Waals surface area contributed by atoms with Gasteiger partial charge in [-0.3, -0.25) is 0 Å². The van der Waals surface area contributed by atoms with E-state index in [2.05, 4.69) is 10.6 Å². The van der Waals surface area contributed by atoms with Crippen LogP contribution in [0.4, 0.5) is 4.79 Å². The lowest BCUT2D eigenvalue weighted by Gasteiger charge is -2.26. The van der Waals surface area contributed by atoms with Crippen molar-refractivity contribution in [1.82, 2.24) is 10.6 Å². The molecule has 0 bridgehead atoms. The van der Waals surface area contributed by atoms with E-state index in [0.717, 1.165) is 0 Å². The molecule has 1 atom stereocenters. The number of carbonyl (C=O) groups excluding carboxylic acids is 3. The molecule has 2 N–H and O–H groups in total. The Kier molecular flexibility index (Phi) is 5.49. The fraction of sp³-hybridized carbons (Fsp3) is 0.389. The molecule has 2 amide bonds. The molecule has 1 aromatic carbocycles. The van der Waals surface area contributed by atoms with Crippen LogP contribution in [0.3, 0.4) is 0 Å². The van der Waals surface area contributed by atoms with Gasteiger partial charge < -0.3 is 29.6 Å². The zero-order chi connectivity index (χ0) is 19.4. The van der Waals surface area contributed by atoms with Gasteiger partial charge in [-0.2, -0.15) is 0 Å². The Labute approximate surface area is 155 Å². The number of hydrogen-bond donors (Lipinski definition) is 2. The maximum absolute atomic E-state index is 12.4. The van der Waals surface area contributed by atoms with Crippen molar-refractivity contribution >= 4 is 18.0 Å². The van der Waals surface area contributed by atoms with Crippen LogP contribution in [0.25, 0.3) is 0 Å². The van der Waals surface area contributed by atoms with Gasteiger partial charge in [-0.15, -0.1) is 0 Å². The molecule has 2 aliphatic rings. The second-order valence-electron chi connectivity index (χ2n) is 5.87. The number of rotatable bonds is 5. The molecule has 0 aromatic heterocycles. The molecule has 2 aliphatic heterocycles. The first-order valence-electron chi connectivity index (χ1n) is 8.54. The number of esters is 2. The van der Waals surface area contributed by atoms with Crippen LogP contribution in [-0.2, 0) is 14.3 Å². The first kappa shape index (κ1) is 18.6. The van der Waals surface area contributed by atoms with Crippen molar-refractivity contribution in [2.24, 2.45) is 0 Å². The van der Waals surface area contributed by atoms with Gasteiger partial charge >= 0.3 is 18.0 Å². The minimum absolute atomic E-state index is 0.188. The summed E-state index contributed by atoms with van der Waals surface area (Å²) in [6, 6.07) is 3.66. The molecule has 0 unspecified atom stereocenters. The maximum Gasteiger partial charge on any atom is 0.338 e. The Morgan fingerprint density at radius 2 is 1.89 bits per heavy atom. The van der Waals surface area contributed by atoms with Crippen LogP contribution in [0.15, 0.2) is 29.5 Å². The second-order valence-corrected chi connectivity index (χ2v) is 5.87. The van der Waals surface area contributed by atoms with Gasteiger partial charge in [-0.1, -0.05) is 0 Å². The van der Waals surface area contributed by atoms with Crippen molar-refractivity contribution in [2.75, 3.05) is 26.4 Å². The van der Waals surface area contributed by atoms with Crippen molar-refractivity contribution in [3.8, 4) is 11.5 Å². The van der Waals surface area contributed by atoms with Crippen LogP contribution in [0.1, 0.15) is 24.2 Å². The van der Waals surface area contributed by atoms with E-state index in [1.54, 1.807) is 26.0 Å². The van der Waals surface area contributed by atoms with Gasteiger partial charge in [0.05, 0.1) is 29.5 Å². The molecule has 9 nitrogen and oxygen atoms in total. The monoisotopic (exact) mass is 376 g/mol. The first-order chi connectivity index (χ1) is 13.0. The van der Waals surface area contributed by atoms with E-state index in [-0.39, 0.29) is 30.0 Å². The van der Waals surface area contributed by atoms with Gasteiger partial charge in [0.1, 0.15) is 19.8 Å². The Morgan fingerprint density at radius 3 is 2.63 bits per heavy atom. The number of fused-ring (bicyclic) bond motifs is 1. The molecule has 1 aromatic rings. The van der Waals surface area contributed by atoms with E-state index in [1.165, 1.54) is 6.07 Å². The summed E-state index contributed by atoms with van der Waals surface area (Å²) in [5, 5.41) is 5.07. The third-order valence-corrected chi connectivity index (χ3v) is 3.99. The molecule has 0 saturated heterocycles. The molecule has 2 heterocycles. The maximum atomic E-state index is 12.4. The molecular weight excluding hydrogens is 356 g/mol. The molecule has 9 heteroatoms. The summed E-state index contributed by atoms with van der Waals surface area (Å²) in [5.41, 5.74) is 0.674. The smallest absolute Gasteiger partial charge is 0.338 e. The average molecular weight is 376 g/mol. The zero-order valence-electron chi connectivity index (χ0n) is 15.0. The first-order valence-corrected chi connectivity index (χ1v) is 8.54. The quantitative estimate of drug-likeness (QED) is 0.741. The fourth-order valence-corrected chi connectivity index (χ4v) is 2.78. The van der Waals surface area contributed by atoms with Crippen molar-refractivity contribution < 1.29 is 33.3 Å². The van der Waals surface area contributed by atoms with Gasteiger partial charge in [-0.05, 0) is 32.0 Å². The van der Waals surface area contributed by atoms with E-state index >= 15 is 0 Å². The summed E-state index contributed by atoms with van der Waals surface area (Å²) in [6.45, 7) is 4.09. The van der Waals surface area contributed by atoms with Crippen LogP contribution in [-0.4, -0.2) is 50.4 Å². The van der Waals surface area contributed by atoms with Crippen molar-refractivity contribution in [2.45, 2.75) is 19.9 Å². The number of ether oxygens (including phenoxy) is 4. The minimum atomic E-state index is -0.622. The molecule has 0 spiro atoms. The Bertz CT molecular complexity index is 803. The highest BCUT2D eigenvalue weighted by molar-refractivity contribution is 5.95. The number of hydrogen-bond acceptors (Lipinski definition) is 7. The molecular formula is C18H20N2O7. The standard InChI is InChI=1S/C18H20N2O7/c1-3-24-17(22)15-10(2)19-18(23)20-12(15)9-27-16(21)11-4-5-13-14(8-11)26-7-6-25-13/h4-5,8,10H,3,6-7,9H2,1-2H3,(H2,19,20,23)/t10-/m1/s1. The van der Waals surface area contributed by atoms with Crippen molar-refractivity contribution in [3.63, 3.8) is 0 Å². The summed E-state index contributed by atoms with van der Waals surface area (Å²) in [6.07, 6.45) is 0. The molecule has 3 rings (SSSR count).